The maximum absolute atomic E-state index is 11.6. The number of hydrogen-bond acceptors (Lipinski definition) is 4. The molecule has 98 valence electrons. The van der Waals surface area contributed by atoms with Gasteiger partial charge in [0.1, 0.15) is 5.78 Å². The normalized spacial score (nSPS) is 28.2. The van der Waals surface area contributed by atoms with Gasteiger partial charge in [0, 0.05) is 26.2 Å². The van der Waals surface area contributed by atoms with Gasteiger partial charge in [-0.1, -0.05) is 6.42 Å². The highest BCUT2D eigenvalue weighted by atomic mass is 16.5. The smallest absolute Gasteiger partial charge is 0.146 e. The summed E-state index contributed by atoms with van der Waals surface area (Å²) in [6, 6.07) is 0.185. The molecule has 0 N–H and O–H groups in total. The zero-order valence-electron chi connectivity index (χ0n) is 10.9. The lowest BCUT2D eigenvalue weighted by Crippen LogP contribution is -2.48. The number of likely N-dealkylation sites (tertiary alicyclic amines) is 1. The van der Waals surface area contributed by atoms with Crippen molar-refractivity contribution in [2.24, 2.45) is 0 Å². The fourth-order valence-electron chi connectivity index (χ4n) is 2.81. The fourth-order valence-corrected chi connectivity index (χ4v) is 2.81. The van der Waals surface area contributed by atoms with Crippen molar-refractivity contribution in [2.45, 2.75) is 32.2 Å². The number of carbonyl (C=O) groups is 1. The fraction of sp³-hybridized carbons (Fsp3) is 0.923. The molecule has 0 aromatic heterocycles. The molecule has 17 heavy (non-hydrogen) atoms. The molecule has 2 aliphatic heterocycles. The minimum atomic E-state index is 0.185. The summed E-state index contributed by atoms with van der Waals surface area (Å²) in [7, 11) is 0. The molecule has 1 unspecified atom stereocenters. The molecule has 2 saturated heterocycles. The van der Waals surface area contributed by atoms with Gasteiger partial charge in [0.15, 0.2) is 0 Å². The lowest BCUT2D eigenvalue weighted by Gasteiger charge is -2.36. The van der Waals surface area contributed by atoms with Gasteiger partial charge in [-0.2, -0.15) is 0 Å². The lowest BCUT2D eigenvalue weighted by molar-refractivity contribution is -0.123. The van der Waals surface area contributed by atoms with Crippen LogP contribution < -0.4 is 0 Å². The quantitative estimate of drug-likeness (QED) is 0.726. The van der Waals surface area contributed by atoms with Crippen molar-refractivity contribution in [1.29, 1.82) is 0 Å². The summed E-state index contributed by atoms with van der Waals surface area (Å²) in [4.78, 5) is 16.4. The van der Waals surface area contributed by atoms with E-state index < -0.39 is 0 Å². The summed E-state index contributed by atoms with van der Waals surface area (Å²) < 4.78 is 5.34. The Kier molecular flexibility index (Phi) is 4.95. The Morgan fingerprint density at radius 2 is 1.94 bits per heavy atom. The molecule has 0 bridgehead atoms. The molecule has 0 radical (unpaired) electrons. The van der Waals surface area contributed by atoms with E-state index in [0.717, 1.165) is 52.4 Å². The first-order chi connectivity index (χ1) is 8.27. The predicted octanol–water partition coefficient (Wildman–Crippen LogP) is 0.762. The van der Waals surface area contributed by atoms with Gasteiger partial charge in [0.05, 0.1) is 19.3 Å². The number of carbonyl (C=O) groups excluding carboxylic acids is 1. The number of piperidine rings is 1. The van der Waals surface area contributed by atoms with Crippen LogP contribution in [-0.2, 0) is 9.53 Å². The van der Waals surface area contributed by atoms with Gasteiger partial charge in [-0.25, -0.2) is 0 Å². The third kappa shape index (κ3) is 3.76. The van der Waals surface area contributed by atoms with Crippen molar-refractivity contribution in [3.05, 3.63) is 0 Å². The molecule has 0 spiro atoms. The molecule has 4 heteroatoms. The van der Waals surface area contributed by atoms with Crippen molar-refractivity contribution in [3.8, 4) is 0 Å². The molecular weight excluding hydrogens is 216 g/mol. The van der Waals surface area contributed by atoms with E-state index >= 15 is 0 Å². The summed E-state index contributed by atoms with van der Waals surface area (Å²) in [6.45, 7) is 8.73. The van der Waals surface area contributed by atoms with Crippen molar-refractivity contribution in [1.82, 2.24) is 9.80 Å². The molecule has 0 saturated carbocycles. The van der Waals surface area contributed by atoms with Crippen molar-refractivity contribution in [3.63, 3.8) is 0 Å². The van der Waals surface area contributed by atoms with Crippen LogP contribution >= 0.6 is 0 Å². The maximum atomic E-state index is 11.6. The molecule has 0 aromatic rings. The van der Waals surface area contributed by atoms with E-state index in [9.17, 15) is 4.79 Å². The number of morpholine rings is 1. The average molecular weight is 240 g/mol. The summed E-state index contributed by atoms with van der Waals surface area (Å²) in [6.07, 6.45) is 3.50. The monoisotopic (exact) mass is 240 g/mol. The second kappa shape index (κ2) is 6.47. The van der Waals surface area contributed by atoms with E-state index in [1.165, 1.54) is 12.8 Å². The predicted molar refractivity (Wildman–Crippen MR) is 67.2 cm³/mol. The van der Waals surface area contributed by atoms with Crippen LogP contribution in [0.15, 0.2) is 0 Å². The van der Waals surface area contributed by atoms with Gasteiger partial charge in [-0.05, 0) is 26.3 Å². The van der Waals surface area contributed by atoms with Crippen LogP contribution in [-0.4, -0.2) is 67.6 Å². The summed E-state index contributed by atoms with van der Waals surface area (Å²) in [5.74, 6) is 0.340. The molecule has 0 aromatic carbocycles. The summed E-state index contributed by atoms with van der Waals surface area (Å²) in [5, 5.41) is 0. The van der Waals surface area contributed by atoms with Crippen LogP contribution in [0.1, 0.15) is 26.2 Å². The third-order valence-corrected chi connectivity index (χ3v) is 3.89. The zero-order chi connectivity index (χ0) is 12.1. The van der Waals surface area contributed by atoms with Crippen LogP contribution in [0, 0.1) is 0 Å². The Morgan fingerprint density at radius 1 is 1.18 bits per heavy atom. The molecule has 0 amide bonds. The first kappa shape index (κ1) is 13.0. The number of Topliss-reactive ketones (excluding diaryl/α,β-unsaturated/α-hetero) is 1. The lowest BCUT2D eigenvalue weighted by atomic mass is 9.99. The zero-order valence-corrected chi connectivity index (χ0v) is 10.9. The maximum Gasteiger partial charge on any atom is 0.146 e. The number of ether oxygens (including phenoxy) is 1. The van der Waals surface area contributed by atoms with Crippen LogP contribution in [0.25, 0.3) is 0 Å². The van der Waals surface area contributed by atoms with Crippen LogP contribution in [0.5, 0.6) is 0 Å². The Hall–Kier alpha value is -0.450. The Balaban J connectivity index is 1.77. The third-order valence-electron chi connectivity index (χ3n) is 3.89. The standard InChI is InChI=1S/C13H24N2O2/c1-12(16)13-4-2-3-5-15(13)7-6-14-8-10-17-11-9-14/h13H,2-11H2,1H3. The first-order valence-corrected chi connectivity index (χ1v) is 6.82. The number of ketones is 1. The molecule has 2 rings (SSSR count). The Bertz CT molecular complexity index is 252. The number of hydrogen-bond donors (Lipinski definition) is 0. The van der Waals surface area contributed by atoms with Crippen LogP contribution in [0.2, 0.25) is 0 Å². The van der Waals surface area contributed by atoms with E-state index in [1.54, 1.807) is 6.92 Å². The van der Waals surface area contributed by atoms with E-state index in [2.05, 4.69) is 9.80 Å². The van der Waals surface area contributed by atoms with E-state index in [1.807, 2.05) is 0 Å². The summed E-state index contributed by atoms with van der Waals surface area (Å²) >= 11 is 0. The van der Waals surface area contributed by atoms with Crippen LogP contribution in [0.4, 0.5) is 0 Å². The highest BCUT2D eigenvalue weighted by molar-refractivity contribution is 5.81. The topological polar surface area (TPSA) is 32.8 Å². The van der Waals surface area contributed by atoms with Crippen molar-refractivity contribution >= 4 is 5.78 Å². The van der Waals surface area contributed by atoms with Gasteiger partial charge in [0.25, 0.3) is 0 Å². The minimum Gasteiger partial charge on any atom is -0.379 e. The van der Waals surface area contributed by atoms with E-state index in [0.29, 0.717) is 5.78 Å². The highest BCUT2D eigenvalue weighted by Gasteiger charge is 2.26. The highest BCUT2D eigenvalue weighted by Crippen LogP contribution is 2.17. The molecule has 2 heterocycles. The molecule has 4 nitrogen and oxygen atoms in total. The second-order valence-corrected chi connectivity index (χ2v) is 5.11. The second-order valence-electron chi connectivity index (χ2n) is 5.11. The van der Waals surface area contributed by atoms with Gasteiger partial charge >= 0.3 is 0 Å². The molecule has 1 atom stereocenters. The van der Waals surface area contributed by atoms with Crippen LogP contribution in [0.3, 0.4) is 0 Å². The van der Waals surface area contributed by atoms with Crippen molar-refractivity contribution in [2.75, 3.05) is 45.9 Å². The van der Waals surface area contributed by atoms with E-state index in [-0.39, 0.29) is 6.04 Å². The average Bonchev–Trinajstić information content (AvgIpc) is 2.38. The summed E-state index contributed by atoms with van der Waals surface area (Å²) in [5.41, 5.74) is 0. The van der Waals surface area contributed by atoms with Gasteiger partial charge in [-0.15, -0.1) is 0 Å². The molecule has 2 fully saturated rings. The van der Waals surface area contributed by atoms with Gasteiger partial charge in [-0.3, -0.25) is 14.6 Å². The largest absolute Gasteiger partial charge is 0.379 e. The van der Waals surface area contributed by atoms with E-state index in [4.69, 9.17) is 4.74 Å². The van der Waals surface area contributed by atoms with Crippen molar-refractivity contribution < 1.29 is 9.53 Å². The minimum absolute atomic E-state index is 0.185. The van der Waals surface area contributed by atoms with Gasteiger partial charge in [0.2, 0.25) is 0 Å². The molecular formula is C13H24N2O2. The number of nitrogens with zero attached hydrogens (tertiary/aromatic N) is 2. The Labute approximate surface area is 104 Å². The van der Waals surface area contributed by atoms with Gasteiger partial charge < -0.3 is 4.74 Å². The molecule has 0 aliphatic carbocycles. The Morgan fingerprint density at radius 3 is 2.65 bits per heavy atom. The SMILES string of the molecule is CC(=O)C1CCCCN1CCN1CCOCC1. The first-order valence-electron chi connectivity index (χ1n) is 6.82. The number of rotatable bonds is 4. The molecule has 2 aliphatic rings.